The van der Waals surface area contributed by atoms with Gasteiger partial charge in [0, 0.05) is 34.6 Å². The lowest BCUT2D eigenvalue weighted by Gasteiger charge is -2.28. The standard InChI is InChI=1S/C21H24N2O4S2/c24-21(22-16-5-7-17(8-6-16)23-10-12-27-13-11-23)19-3-1-2-4-20(19)28-18-9-14-29(25,26)15-18/h1-8,18H,9-15H2,(H,22,24)/t18-/m0/s1. The zero-order valence-electron chi connectivity index (χ0n) is 16.0. The normalized spacial score (nSPS) is 21.1. The van der Waals surface area contributed by atoms with Crippen molar-refractivity contribution in [2.24, 2.45) is 0 Å². The Morgan fingerprint density at radius 1 is 1.07 bits per heavy atom. The molecule has 0 bridgehead atoms. The summed E-state index contributed by atoms with van der Waals surface area (Å²) in [5, 5.41) is 2.96. The van der Waals surface area contributed by atoms with Gasteiger partial charge in [-0.05, 0) is 42.8 Å². The number of sulfone groups is 1. The van der Waals surface area contributed by atoms with Crippen LogP contribution in [0.15, 0.2) is 53.4 Å². The first kappa shape index (κ1) is 20.3. The summed E-state index contributed by atoms with van der Waals surface area (Å²) in [7, 11) is -2.94. The number of nitrogens with one attached hydrogen (secondary N) is 1. The molecule has 0 saturated carbocycles. The molecule has 0 aliphatic carbocycles. The van der Waals surface area contributed by atoms with Crippen LogP contribution in [0.3, 0.4) is 0 Å². The Balaban J connectivity index is 1.43. The maximum Gasteiger partial charge on any atom is 0.256 e. The zero-order valence-corrected chi connectivity index (χ0v) is 17.7. The molecule has 2 heterocycles. The van der Waals surface area contributed by atoms with Crippen LogP contribution in [0.2, 0.25) is 0 Å². The van der Waals surface area contributed by atoms with Crippen molar-refractivity contribution >= 4 is 38.9 Å². The molecule has 154 valence electrons. The topological polar surface area (TPSA) is 75.7 Å². The van der Waals surface area contributed by atoms with Gasteiger partial charge in [-0.15, -0.1) is 11.8 Å². The molecule has 1 N–H and O–H groups in total. The van der Waals surface area contributed by atoms with Gasteiger partial charge >= 0.3 is 0 Å². The molecule has 6 nitrogen and oxygen atoms in total. The summed E-state index contributed by atoms with van der Waals surface area (Å²) < 4.78 is 28.8. The molecule has 2 fully saturated rings. The van der Waals surface area contributed by atoms with Gasteiger partial charge in [0.1, 0.15) is 0 Å². The quantitative estimate of drug-likeness (QED) is 0.783. The maximum absolute atomic E-state index is 12.9. The van der Waals surface area contributed by atoms with Gasteiger partial charge < -0.3 is 15.0 Å². The van der Waals surface area contributed by atoms with Gasteiger partial charge in [0.2, 0.25) is 0 Å². The first-order valence-corrected chi connectivity index (χ1v) is 12.4. The van der Waals surface area contributed by atoms with E-state index in [2.05, 4.69) is 10.2 Å². The van der Waals surface area contributed by atoms with Gasteiger partial charge in [-0.2, -0.15) is 0 Å². The summed E-state index contributed by atoms with van der Waals surface area (Å²) in [5.41, 5.74) is 2.42. The number of ether oxygens (including phenoxy) is 1. The van der Waals surface area contributed by atoms with Crippen molar-refractivity contribution < 1.29 is 17.9 Å². The van der Waals surface area contributed by atoms with E-state index in [1.54, 1.807) is 6.07 Å². The molecule has 2 aliphatic heterocycles. The second-order valence-corrected chi connectivity index (χ2v) is 10.8. The predicted molar refractivity (Wildman–Crippen MR) is 117 cm³/mol. The third kappa shape index (κ3) is 5.12. The monoisotopic (exact) mass is 432 g/mol. The molecule has 29 heavy (non-hydrogen) atoms. The lowest BCUT2D eigenvalue weighted by Crippen LogP contribution is -2.36. The Morgan fingerprint density at radius 3 is 2.48 bits per heavy atom. The van der Waals surface area contributed by atoms with Crippen molar-refractivity contribution in [3.05, 3.63) is 54.1 Å². The Kier molecular flexibility index (Phi) is 6.12. The fraction of sp³-hybridized carbons (Fsp3) is 0.381. The molecule has 2 aromatic rings. The van der Waals surface area contributed by atoms with Crippen LogP contribution in [0, 0.1) is 0 Å². The summed E-state index contributed by atoms with van der Waals surface area (Å²) in [6, 6.07) is 15.2. The molecular formula is C21H24N2O4S2. The number of benzene rings is 2. The Bertz CT molecular complexity index is 970. The van der Waals surface area contributed by atoms with Crippen LogP contribution >= 0.6 is 11.8 Å². The summed E-state index contributed by atoms with van der Waals surface area (Å²) in [6.07, 6.45) is 0.631. The number of hydrogen-bond donors (Lipinski definition) is 1. The van der Waals surface area contributed by atoms with Crippen molar-refractivity contribution in [2.45, 2.75) is 16.6 Å². The molecule has 0 aromatic heterocycles. The summed E-state index contributed by atoms with van der Waals surface area (Å²) in [4.78, 5) is 15.9. The fourth-order valence-corrected chi connectivity index (χ4v) is 7.19. The molecule has 4 rings (SSSR count). The van der Waals surface area contributed by atoms with Gasteiger partial charge in [-0.3, -0.25) is 4.79 Å². The SMILES string of the molecule is O=C(Nc1ccc(N2CCOCC2)cc1)c1ccccc1S[C@H]1CCS(=O)(=O)C1. The van der Waals surface area contributed by atoms with Crippen LogP contribution in [0.25, 0.3) is 0 Å². The average Bonchev–Trinajstić information content (AvgIpc) is 3.08. The van der Waals surface area contributed by atoms with Crippen LogP contribution in [-0.4, -0.2) is 57.4 Å². The second-order valence-electron chi connectivity index (χ2n) is 7.24. The van der Waals surface area contributed by atoms with Gasteiger partial charge in [0.25, 0.3) is 5.91 Å². The van der Waals surface area contributed by atoms with E-state index in [9.17, 15) is 13.2 Å². The molecule has 2 saturated heterocycles. The summed E-state index contributed by atoms with van der Waals surface area (Å²) in [5.74, 6) is 0.221. The van der Waals surface area contributed by atoms with E-state index in [4.69, 9.17) is 4.74 Å². The molecule has 8 heteroatoms. The molecule has 1 amide bonds. The molecule has 1 atom stereocenters. The van der Waals surface area contributed by atoms with Crippen molar-refractivity contribution in [1.29, 1.82) is 0 Å². The molecule has 0 spiro atoms. The number of morpholine rings is 1. The molecule has 2 aromatic carbocycles. The lowest BCUT2D eigenvalue weighted by atomic mass is 10.2. The predicted octanol–water partition coefficient (Wildman–Crippen LogP) is 3.05. The fourth-order valence-electron chi connectivity index (χ4n) is 3.57. The maximum atomic E-state index is 12.9. The number of hydrogen-bond acceptors (Lipinski definition) is 6. The molecular weight excluding hydrogens is 408 g/mol. The lowest BCUT2D eigenvalue weighted by molar-refractivity contribution is 0.102. The largest absolute Gasteiger partial charge is 0.378 e. The number of nitrogens with zero attached hydrogens (tertiary/aromatic N) is 1. The first-order chi connectivity index (χ1) is 14.0. The zero-order chi connectivity index (χ0) is 20.3. The van der Waals surface area contributed by atoms with Crippen LogP contribution in [-0.2, 0) is 14.6 Å². The van der Waals surface area contributed by atoms with Crippen molar-refractivity contribution in [3.8, 4) is 0 Å². The van der Waals surface area contributed by atoms with Crippen molar-refractivity contribution in [2.75, 3.05) is 48.0 Å². The van der Waals surface area contributed by atoms with E-state index in [1.807, 2.05) is 42.5 Å². The van der Waals surface area contributed by atoms with Crippen LogP contribution in [0.1, 0.15) is 16.8 Å². The Labute approximate surface area is 175 Å². The Hall–Kier alpha value is -2.03. The van der Waals surface area contributed by atoms with E-state index in [0.717, 1.165) is 42.6 Å². The highest BCUT2D eigenvalue weighted by atomic mass is 32.2. The van der Waals surface area contributed by atoms with Crippen LogP contribution in [0.4, 0.5) is 11.4 Å². The van der Waals surface area contributed by atoms with Gasteiger partial charge in [-0.25, -0.2) is 8.42 Å². The molecule has 0 unspecified atom stereocenters. The summed E-state index contributed by atoms with van der Waals surface area (Å²) >= 11 is 1.48. The minimum Gasteiger partial charge on any atom is -0.378 e. The number of carbonyl (C=O) groups is 1. The highest BCUT2D eigenvalue weighted by molar-refractivity contribution is 8.02. The molecule has 0 radical (unpaired) electrons. The van der Waals surface area contributed by atoms with E-state index in [-0.39, 0.29) is 22.7 Å². The van der Waals surface area contributed by atoms with E-state index >= 15 is 0 Å². The number of rotatable bonds is 5. The number of thioether (sulfide) groups is 1. The smallest absolute Gasteiger partial charge is 0.256 e. The minimum atomic E-state index is -2.94. The third-order valence-corrected chi connectivity index (χ3v) is 8.44. The Morgan fingerprint density at radius 2 is 1.79 bits per heavy atom. The van der Waals surface area contributed by atoms with Gasteiger partial charge in [-0.1, -0.05) is 12.1 Å². The second kappa shape index (κ2) is 8.77. The molecule has 2 aliphatic rings. The minimum absolute atomic E-state index is 0.00163. The van der Waals surface area contributed by atoms with Crippen molar-refractivity contribution in [3.63, 3.8) is 0 Å². The highest BCUT2D eigenvalue weighted by Gasteiger charge is 2.29. The van der Waals surface area contributed by atoms with E-state index in [0.29, 0.717) is 12.0 Å². The van der Waals surface area contributed by atoms with Crippen LogP contribution < -0.4 is 10.2 Å². The van der Waals surface area contributed by atoms with Crippen LogP contribution in [0.5, 0.6) is 0 Å². The first-order valence-electron chi connectivity index (χ1n) is 9.70. The number of amides is 1. The van der Waals surface area contributed by atoms with Gasteiger partial charge in [0.15, 0.2) is 9.84 Å². The van der Waals surface area contributed by atoms with Gasteiger partial charge in [0.05, 0.1) is 30.3 Å². The van der Waals surface area contributed by atoms with Crippen molar-refractivity contribution in [1.82, 2.24) is 0 Å². The van der Waals surface area contributed by atoms with E-state index < -0.39 is 9.84 Å². The van der Waals surface area contributed by atoms with E-state index in [1.165, 1.54) is 11.8 Å². The number of anilines is 2. The third-order valence-electron chi connectivity index (χ3n) is 5.12. The average molecular weight is 433 g/mol. The highest BCUT2D eigenvalue weighted by Crippen LogP contribution is 2.33. The summed E-state index contributed by atoms with van der Waals surface area (Å²) in [6.45, 7) is 3.20. The number of carbonyl (C=O) groups excluding carboxylic acids is 1.